The maximum absolute atomic E-state index is 12.5. The van der Waals surface area contributed by atoms with Gasteiger partial charge in [0.1, 0.15) is 23.9 Å². The molecule has 41 heavy (non-hydrogen) atoms. The predicted octanol–water partition coefficient (Wildman–Crippen LogP) is 5.72. The first-order valence-electron chi connectivity index (χ1n) is 13.7. The number of ether oxygens (including phenoxy) is 6. The Kier molecular flexibility index (Phi) is 13.9. The molecule has 12 nitrogen and oxygen atoms in total. The molecule has 0 aliphatic rings. The Balaban J connectivity index is 3.20. The second kappa shape index (κ2) is 16.0. The molecule has 0 radical (unpaired) electrons. The highest BCUT2D eigenvalue weighted by Crippen LogP contribution is 2.32. The van der Waals surface area contributed by atoms with Gasteiger partial charge in [0.15, 0.2) is 11.5 Å². The monoisotopic (exact) mass is 583 g/mol. The fourth-order valence-electron chi connectivity index (χ4n) is 3.22. The van der Waals surface area contributed by atoms with Crippen LogP contribution in [0.5, 0.6) is 11.5 Å². The zero-order chi connectivity index (χ0) is 31.5. The number of nitrogens with two attached hydrogens (primary N) is 1. The molecule has 0 saturated carbocycles. The van der Waals surface area contributed by atoms with Crippen molar-refractivity contribution in [2.24, 2.45) is 23.5 Å². The molecule has 1 rings (SSSR count). The number of hydrogen-bond acceptors (Lipinski definition) is 11. The third-order valence-corrected chi connectivity index (χ3v) is 6.27. The Morgan fingerprint density at radius 3 is 1.76 bits per heavy atom. The predicted molar refractivity (Wildman–Crippen MR) is 149 cm³/mol. The quantitative estimate of drug-likeness (QED) is 0.155. The van der Waals surface area contributed by atoms with Gasteiger partial charge in [-0.3, -0.25) is 4.79 Å². The zero-order valence-corrected chi connectivity index (χ0v) is 25.4. The first kappa shape index (κ1) is 35.5. The maximum Gasteiger partial charge on any atom is 0.514 e. The SMILES string of the molecule is CC(C)COC(=O)O[C@@H](C)CC(N)(Cc1ccc(OC(=O)OC(C)C(C)C)c(OC(=O)OC(C)C(C)C)c1)C(=O)O. The summed E-state index contributed by atoms with van der Waals surface area (Å²) in [7, 11) is 0. The van der Waals surface area contributed by atoms with E-state index in [0.29, 0.717) is 5.56 Å². The number of carbonyl (C=O) groups excluding carboxylic acids is 3. The highest BCUT2D eigenvalue weighted by molar-refractivity contribution is 5.79. The molecule has 0 aliphatic carbocycles. The smallest absolute Gasteiger partial charge is 0.480 e. The molecule has 3 unspecified atom stereocenters. The molecule has 0 fully saturated rings. The van der Waals surface area contributed by atoms with Gasteiger partial charge in [-0.25, -0.2) is 14.4 Å². The molecule has 0 spiro atoms. The summed E-state index contributed by atoms with van der Waals surface area (Å²) in [5, 5.41) is 9.93. The molecule has 3 N–H and O–H groups in total. The van der Waals surface area contributed by atoms with Crippen LogP contribution in [-0.4, -0.2) is 60.0 Å². The van der Waals surface area contributed by atoms with E-state index in [-0.39, 0.29) is 48.7 Å². The fourth-order valence-corrected chi connectivity index (χ4v) is 3.22. The summed E-state index contributed by atoms with van der Waals surface area (Å²) in [5.41, 5.74) is 4.71. The Hall–Kier alpha value is -3.54. The van der Waals surface area contributed by atoms with Gasteiger partial charge in [-0.1, -0.05) is 47.6 Å². The van der Waals surface area contributed by atoms with Crippen LogP contribution in [0.2, 0.25) is 0 Å². The van der Waals surface area contributed by atoms with Crippen molar-refractivity contribution in [3.05, 3.63) is 23.8 Å². The van der Waals surface area contributed by atoms with Crippen LogP contribution in [0.3, 0.4) is 0 Å². The Bertz CT molecular complexity index is 1040. The van der Waals surface area contributed by atoms with Crippen LogP contribution in [-0.2, 0) is 30.2 Å². The van der Waals surface area contributed by atoms with Gasteiger partial charge in [0.2, 0.25) is 0 Å². The van der Waals surface area contributed by atoms with Crippen LogP contribution in [0, 0.1) is 17.8 Å². The molecule has 12 heteroatoms. The van der Waals surface area contributed by atoms with Crippen molar-refractivity contribution in [1.82, 2.24) is 0 Å². The third kappa shape index (κ3) is 12.7. The van der Waals surface area contributed by atoms with Gasteiger partial charge >= 0.3 is 24.4 Å². The minimum atomic E-state index is -1.88. The number of rotatable bonds is 14. The molecule has 0 heterocycles. The number of benzene rings is 1. The van der Waals surface area contributed by atoms with E-state index in [0.717, 1.165) is 0 Å². The third-order valence-electron chi connectivity index (χ3n) is 6.27. The van der Waals surface area contributed by atoms with Crippen molar-refractivity contribution in [3.63, 3.8) is 0 Å². The molecule has 0 aromatic heterocycles. The van der Waals surface area contributed by atoms with E-state index in [1.807, 2.05) is 41.5 Å². The Morgan fingerprint density at radius 2 is 1.29 bits per heavy atom. The first-order chi connectivity index (χ1) is 18.9. The Labute approximate surface area is 241 Å². The molecule has 232 valence electrons. The normalized spacial score (nSPS) is 15.0. The van der Waals surface area contributed by atoms with Crippen LogP contribution in [0.4, 0.5) is 14.4 Å². The molecular weight excluding hydrogens is 538 g/mol. The van der Waals surface area contributed by atoms with E-state index in [9.17, 15) is 24.3 Å². The molecule has 1 aromatic carbocycles. The van der Waals surface area contributed by atoms with E-state index < -0.39 is 48.3 Å². The lowest BCUT2D eigenvalue weighted by Crippen LogP contribution is -2.52. The molecule has 4 atom stereocenters. The minimum absolute atomic E-state index is 0.0115. The summed E-state index contributed by atoms with van der Waals surface area (Å²) < 4.78 is 31.3. The van der Waals surface area contributed by atoms with E-state index in [2.05, 4.69) is 0 Å². The van der Waals surface area contributed by atoms with E-state index in [1.54, 1.807) is 13.8 Å². The van der Waals surface area contributed by atoms with Crippen LogP contribution in [0.15, 0.2) is 18.2 Å². The highest BCUT2D eigenvalue weighted by Gasteiger charge is 2.37. The molecule has 0 aliphatic heterocycles. The lowest BCUT2D eigenvalue weighted by atomic mass is 9.86. The standard InChI is InChI=1S/C29H45NO11/c1-16(2)15-36-26(33)37-19(7)13-29(30,25(31)32)14-22-10-11-23(40-27(34)38-20(8)17(3)4)24(12-22)41-28(35)39-21(9)18(5)6/h10-12,16-21H,13-15,30H2,1-9H3,(H,31,32)/t19-,20?,21?,29?/m0/s1. The van der Waals surface area contributed by atoms with Gasteiger partial charge in [-0.05, 0) is 56.2 Å². The number of carboxylic acid groups (broad SMARTS) is 1. The summed E-state index contributed by atoms with van der Waals surface area (Å²) in [6.45, 7) is 16.2. The molecule has 1 aromatic rings. The van der Waals surface area contributed by atoms with Crippen LogP contribution >= 0.6 is 0 Å². The number of carbonyl (C=O) groups is 4. The summed E-state index contributed by atoms with van der Waals surface area (Å²) in [4.78, 5) is 49.0. The van der Waals surface area contributed by atoms with Gasteiger partial charge in [0.25, 0.3) is 0 Å². The topological polar surface area (TPSA) is 170 Å². The van der Waals surface area contributed by atoms with Crippen molar-refractivity contribution in [3.8, 4) is 11.5 Å². The van der Waals surface area contributed by atoms with E-state index in [4.69, 9.17) is 34.2 Å². The number of aliphatic carboxylic acids is 1. The number of carboxylic acids is 1. The van der Waals surface area contributed by atoms with Gasteiger partial charge in [0, 0.05) is 12.8 Å². The van der Waals surface area contributed by atoms with E-state index >= 15 is 0 Å². The fraction of sp³-hybridized carbons (Fsp3) is 0.655. The first-order valence-corrected chi connectivity index (χ1v) is 13.7. The minimum Gasteiger partial charge on any atom is -0.480 e. The van der Waals surface area contributed by atoms with Crippen molar-refractivity contribution < 1.29 is 52.7 Å². The van der Waals surface area contributed by atoms with Crippen LogP contribution in [0.1, 0.15) is 74.3 Å². The molecule has 0 bridgehead atoms. The van der Waals surface area contributed by atoms with Gasteiger partial charge in [-0.2, -0.15) is 0 Å². The number of hydrogen-bond donors (Lipinski definition) is 2. The zero-order valence-electron chi connectivity index (χ0n) is 25.4. The van der Waals surface area contributed by atoms with Gasteiger partial charge in [0.05, 0.1) is 6.61 Å². The highest BCUT2D eigenvalue weighted by atomic mass is 16.8. The molecule has 0 amide bonds. The summed E-state index contributed by atoms with van der Waals surface area (Å²) in [6.07, 6.45) is -5.28. The van der Waals surface area contributed by atoms with Gasteiger partial charge in [-0.15, -0.1) is 0 Å². The molecule has 0 saturated heterocycles. The maximum atomic E-state index is 12.5. The summed E-state index contributed by atoms with van der Waals surface area (Å²) in [6, 6.07) is 4.12. The van der Waals surface area contributed by atoms with Crippen LogP contribution < -0.4 is 15.2 Å². The van der Waals surface area contributed by atoms with E-state index in [1.165, 1.54) is 25.1 Å². The molecular formula is C29H45NO11. The van der Waals surface area contributed by atoms with Gasteiger partial charge < -0.3 is 39.3 Å². The Morgan fingerprint density at radius 1 is 0.780 bits per heavy atom. The van der Waals surface area contributed by atoms with Crippen LogP contribution in [0.25, 0.3) is 0 Å². The largest absolute Gasteiger partial charge is 0.514 e. The van der Waals surface area contributed by atoms with Crippen molar-refractivity contribution in [2.75, 3.05) is 6.61 Å². The van der Waals surface area contributed by atoms with Crippen molar-refractivity contribution in [1.29, 1.82) is 0 Å². The van der Waals surface area contributed by atoms with Crippen molar-refractivity contribution in [2.45, 2.75) is 99.0 Å². The van der Waals surface area contributed by atoms with Crippen molar-refractivity contribution >= 4 is 24.4 Å². The average Bonchev–Trinajstić information content (AvgIpc) is 2.83. The summed E-state index contributed by atoms with van der Waals surface area (Å²) in [5.74, 6) is -1.55. The second-order valence-electron chi connectivity index (χ2n) is 11.3. The lowest BCUT2D eigenvalue weighted by Gasteiger charge is -2.28. The second-order valence-corrected chi connectivity index (χ2v) is 11.3. The average molecular weight is 584 g/mol. The lowest BCUT2D eigenvalue weighted by molar-refractivity contribution is -0.144. The summed E-state index contributed by atoms with van der Waals surface area (Å²) >= 11 is 0.